The zero-order valence-electron chi connectivity index (χ0n) is 15.9. The number of hydrogen-bond donors (Lipinski definition) is 2. The lowest BCUT2D eigenvalue weighted by Gasteiger charge is -2.17. The van der Waals surface area contributed by atoms with Gasteiger partial charge in [-0.1, -0.05) is 45.4 Å². The molecule has 0 aliphatic heterocycles. The van der Waals surface area contributed by atoms with Gasteiger partial charge in [0.15, 0.2) is 5.13 Å². The van der Waals surface area contributed by atoms with Crippen molar-refractivity contribution < 1.29 is 13.2 Å². The average molecular weight is 410 g/mol. The van der Waals surface area contributed by atoms with Gasteiger partial charge in [-0.3, -0.25) is 4.79 Å². The molecule has 0 saturated carbocycles. The Bertz CT molecular complexity index is 831. The van der Waals surface area contributed by atoms with E-state index in [0.29, 0.717) is 23.9 Å². The molecule has 0 aliphatic rings. The Hall–Kier alpha value is -1.77. The third-order valence-corrected chi connectivity index (χ3v) is 6.95. The summed E-state index contributed by atoms with van der Waals surface area (Å²) in [6.07, 6.45) is 4.90. The summed E-state index contributed by atoms with van der Waals surface area (Å²) >= 11 is 1.45. The number of amides is 1. The fourth-order valence-electron chi connectivity index (χ4n) is 2.80. The highest BCUT2D eigenvalue weighted by atomic mass is 32.2. The molecule has 0 radical (unpaired) electrons. The smallest absolute Gasteiger partial charge is 0.244 e. The Morgan fingerprint density at radius 2 is 1.81 bits per heavy atom. The molecule has 0 spiro atoms. The fraction of sp³-hybridized carbons (Fsp3) is 0.474. The summed E-state index contributed by atoms with van der Waals surface area (Å²) in [5.74, 6) is 0.0398. The number of carbonyl (C=O) groups excluding carboxylic acids is 1. The van der Waals surface area contributed by atoms with E-state index in [0.717, 1.165) is 17.7 Å². The van der Waals surface area contributed by atoms with Crippen molar-refractivity contribution in [3.63, 3.8) is 0 Å². The Kier molecular flexibility index (Phi) is 7.94. The molecule has 148 valence electrons. The second-order valence-corrected chi connectivity index (χ2v) is 9.12. The average Bonchev–Trinajstić information content (AvgIpc) is 3.11. The molecule has 1 aromatic carbocycles. The molecule has 8 heteroatoms. The van der Waals surface area contributed by atoms with Gasteiger partial charge in [0.05, 0.1) is 4.90 Å². The van der Waals surface area contributed by atoms with E-state index in [1.165, 1.54) is 23.5 Å². The predicted molar refractivity (Wildman–Crippen MR) is 110 cm³/mol. The number of benzene rings is 1. The minimum atomic E-state index is -3.76. The molecule has 0 bridgehead atoms. The Morgan fingerprint density at radius 1 is 1.15 bits per heavy atom. The highest BCUT2D eigenvalue weighted by molar-refractivity contribution is 7.89. The van der Waals surface area contributed by atoms with Crippen LogP contribution in [0, 0.1) is 0 Å². The normalized spacial score (nSPS) is 12.9. The van der Waals surface area contributed by atoms with Crippen LogP contribution >= 0.6 is 11.3 Å². The van der Waals surface area contributed by atoms with Crippen molar-refractivity contribution in [3.05, 3.63) is 41.4 Å². The highest BCUT2D eigenvalue weighted by Gasteiger charge is 2.26. The van der Waals surface area contributed by atoms with Gasteiger partial charge in [0.25, 0.3) is 0 Å². The number of rotatable bonds is 10. The number of sulfonamides is 1. The van der Waals surface area contributed by atoms with Gasteiger partial charge in [-0.25, -0.2) is 13.4 Å². The van der Waals surface area contributed by atoms with Crippen molar-refractivity contribution >= 4 is 32.4 Å². The maximum atomic E-state index is 12.7. The number of thiazole rings is 1. The van der Waals surface area contributed by atoms with Crippen molar-refractivity contribution in [2.24, 2.45) is 0 Å². The van der Waals surface area contributed by atoms with Crippen LogP contribution in [0.5, 0.6) is 0 Å². The number of aromatic nitrogens is 1. The first kappa shape index (κ1) is 21.5. The summed E-state index contributed by atoms with van der Waals surface area (Å²) in [6, 6.07) is 7.21. The maximum Gasteiger partial charge on any atom is 0.244 e. The van der Waals surface area contributed by atoms with Crippen LogP contribution in [-0.2, 0) is 14.8 Å². The molecule has 0 fully saturated rings. The molecular weight excluding hydrogens is 382 g/mol. The summed E-state index contributed by atoms with van der Waals surface area (Å²) in [5.41, 5.74) is 0. The van der Waals surface area contributed by atoms with Gasteiger partial charge in [-0.05, 0) is 37.3 Å². The first-order valence-corrected chi connectivity index (χ1v) is 11.5. The zero-order chi connectivity index (χ0) is 19.9. The SMILES string of the molecule is CCCC(NS(=O)(=O)c1ccccc1)C(=O)Nc1ncc(C(CC)CC)s1. The maximum absolute atomic E-state index is 12.7. The lowest BCUT2D eigenvalue weighted by Crippen LogP contribution is -2.43. The minimum Gasteiger partial charge on any atom is -0.301 e. The molecule has 2 N–H and O–H groups in total. The van der Waals surface area contributed by atoms with E-state index in [2.05, 4.69) is 28.9 Å². The first-order chi connectivity index (χ1) is 12.9. The molecule has 1 heterocycles. The van der Waals surface area contributed by atoms with E-state index < -0.39 is 16.1 Å². The molecule has 0 aliphatic carbocycles. The van der Waals surface area contributed by atoms with Gasteiger partial charge < -0.3 is 5.32 Å². The van der Waals surface area contributed by atoms with Crippen LogP contribution in [0.25, 0.3) is 0 Å². The lowest BCUT2D eigenvalue weighted by molar-refractivity contribution is -0.117. The van der Waals surface area contributed by atoms with Gasteiger partial charge in [-0.15, -0.1) is 11.3 Å². The van der Waals surface area contributed by atoms with E-state index in [4.69, 9.17) is 0 Å². The number of anilines is 1. The fourth-order valence-corrected chi connectivity index (χ4v) is 5.14. The number of nitrogens with one attached hydrogen (secondary N) is 2. The van der Waals surface area contributed by atoms with E-state index in [1.54, 1.807) is 24.4 Å². The molecule has 2 aromatic rings. The minimum absolute atomic E-state index is 0.143. The van der Waals surface area contributed by atoms with Gasteiger partial charge in [0.1, 0.15) is 6.04 Å². The zero-order valence-corrected chi connectivity index (χ0v) is 17.6. The van der Waals surface area contributed by atoms with Gasteiger partial charge in [0, 0.05) is 11.1 Å². The predicted octanol–water partition coefficient (Wildman–Crippen LogP) is 4.13. The Morgan fingerprint density at radius 3 is 2.41 bits per heavy atom. The summed E-state index contributed by atoms with van der Waals surface area (Å²) < 4.78 is 27.6. The highest BCUT2D eigenvalue weighted by Crippen LogP contribution is 2.30. The van der Waals surface area contributed by atoms with Crippen molar-refractivity contribution in [1.29, 1.82) is 0 Å². The van der Waals surface area contributed by atoms with Crippen LogP contribution in [0.4, 0.5) is 5.13 Å². The van der Waals surface area contributed by atoms with Crippen molar-refractivity contribution in [3.8, 4) is 0 Å². The van der Waals surface area contributed by atoms with Gasteiger partial charge >= 0.3 is 0 Å². The Labute approximate surface area is 165 Å². The molecule has 6 nitrogen and oxygen atoms in total. The number of carbonyl (C=O) groups is 1. The Balaban J connectivity index is 2.11. The third kappa shape index (κ3) is 5.85. The molecule has 2 rings (SSSR count). The van der Waals surface area contributed by atoms with Crippen LogP contribution in [0.15, 0.2) is 41.4 Å². The van der Waals surface area contributed by atoms with Crippen LogP contribution in [0.3, 0.4) is 0 Å². The molecule has 27 heavy (non-hydrogen) atoms. The molecule has 1 amide bonds. The summed E-state index contributed by atoms with van der Waals surface area (Å²) in [5, 5.41) is 3.27. The van der Waals surface area contributed by atoms with Crippen molar-refractivity contribution in [2.45, 2.75) is 63.3 Å². The molecular formula is C19H27N3O3S2. The van der Waals surface area contributed by atoms with Gasteiger partial charge in [0.2, 0.25) is 15.9 Å². The van der Waals surface area contributed by atoms with Crippen LogP contribution in [0.2, 0.25) is 0 Å². The summed E-state index contributed by atoms with van der Waals surface area (Å²) in [6.45, 7) is 6.16. The second kappa shape index (κ2) is 9.96. The quantitative estimate of drug-likeness (QED) is 0.617. The molecule has 0 saturated heterocycles. The van der Waals surface area contributed by atoms with Crippen molar-refractivity contribution in [1.82, 2.24) is 9.71 Å². The monoisotopic (exact) mass is 409 g/mol. The standard InChI is InChI=1S/C19H27N3O3S2/c1-4-10-16(22-27(24,25)15-11-8-7-9-12-15)18(23)21-19-20-13-17(26-19)14(5-2)6-3/h7-9,11-14,16,22H,4-6,10H2,1-3H3,(H,20,21,23). The van der Waals surface area contributed by atoms with E-state index in [-0.39, 0.29) is 10.8 Å². The largest absolute Gasteiger partial charge is 0.301 e. The van der Waals surface area contributed by atoms with Crippen LogP contribution < -0.4 is 10.0 Å². The first-order valence-electron chi connectivity index (χ1n) is 9.25. The van der Waals surface area contributed by atoms with Gasteiger partial charge in [-0.2, -0.15) is 4.72 Å². The number of hydrogen-bond acceptors (Lipinski definition) is 5. The summed E-state index contributed by atoms with van der Waals surface area (Å²) in [7, 11) is -3.76. The second-order valence-electron chi connectivity index (χ2n) is 6.35. The topological polar surface area (TPSA) is 88.2 Å². The number of nitrogens with zero attached hydrogens (tertiary/aromatic N) is 1. The molecule has 1 aromatic heterocycles. The molecule has 1 unspecified atom stereocenters. The van der Waals surface area contributed by atoms with Crippen LogP contribution in [0.1, 0.15) is 57.2 Å². The van der Waals surface area contributed by atoms with E-state index >= 15 is 0 Å². The van der Waals surface area contributed by atoms with E-state index in [1.807, 2.05) is 6.92 Å². The molecule has 1 atom stereocenters. The van der Waals surface area contributed by atoms with E-state index in [9.17, 15) is 13.2 Å². The third-order valence-electron chi connectivity index (χ3n) is 4.39. The van der Waals surface area contributed by atoms with Crippen molar-refractivity contribution in [2.75, 3.05) is 5.32 Å². The summed E-state index contributed by atoms with van der Waals surface area (Å²) in [4.78, 5) is 18.2. The van der Waals surface area contributed by atoms with Crippen LogP contribution in [-0.4, -0.2) is 25.4 Å². The lowest BCUT2D eigenvalue weighted by atomic mass is 10.0.